The van der Waals surface area contributed by atoms with Crippen LogP contribution in [0.25, 0.3) is 0 Å². The fraction of sp³-hybridized carbons (Fsp3) is 0.267. The van der Waals surface area contributed by atoms with Gasteiger partial charge in [0.15, 0.2) is 0 Å². The topological polar surface area (TPSA) is 42.1 Å². The molecule has 19 heavy (non-hydrogen) atoms. The second-order valence-corrected chi connectivity index (χ2v) is 4.91. The van der Waals surface area contributed by atoms with Crippen LogP contribution in [0.5, 0.6) is 0 Å². The second kappa shape index (κ2) is 6.04. The van der Waals surface area contributed by atoms with E-state index in [1.165, 1.54) is 0 Å². The zero-order valence-electron chi connectivity index (χ0n) is 11.2. The molecule has 1 aromatic heterocycles. The van der Waals surface area contributed by atoms with E-state index in [0.717, 1.165) is 22.1 Å². The molecule has 3 nitrogen and oxygen atoms in total. The van der Waals surface area contributed by atoms with Gasteiger partial charge < -0.3 is 10.6 Å². The lowest BCUT2D eigenvalue weighted by molar-refractivity contribution is 0.725. The lowest BCUT2D eigenvalue weighted by atomic mass is 10.1. The Balaban J connectivity index is 2.28. The van der Waals surface area contributed by atoms with Crippen LogP contribution < -0.4 is 10.6 Å². The number of halogens is 1. The van der Waals surface area contributed by atoms with Crippen molar-refractivity contribution in [1.82, 2.24) is 4.98 Å². The molecule has 0 radical (unpaired) electrons. The Hall–Kier alpha value is -1.58. The average Bonchev–Trinajstić information content (AvgIpc) is 2.46. The summed E-state index contributed by atoms with van der Waals surface area (Å²) in [5.41, 5.74) is 7.60. The molecule has 0 spiro atoms. The van der Waals surface area contributed by atoms with Crippen molar-refractivity contribution in [3.05, 3.63) is 58.7 Å². The predicted octanol–water partition coefficient (Wildman–Crippen LogP) is 3.39. The van der Waals surface area contributed by atoms with E-state index in [0.29, 0.717) is 6.54 Å². The van der Waals surface area contributed by atoms with E-state index in [2.05, 4.69) is 16.8 Å². The molecule has 1 atom stereocenters. The van der Waals surface area contributed by atoms with Crippen LogP contribution >= 0.6 is 11.6 Å². The Morgan fingerprint density at radius 1 is 1.21 bits per heavy atom. The minimum Gasteiger partial charge on any atom is -0.353 e. The first-order valence-corrected chi connectivity index (χ1v) is 6.64. The van der Waals surface area contributed by atoms with Gasteiger partial charge in [-0.05, 0) is 30.7 Å². The Bertz CT molecular complexity index is 557. The number of pyridine rings is 1. The molecule has 0 saturated heterocycles. The van der Waals surface area contributed by atoms with Crippen molar-refractivity contribution in [2.75, 3.05) is 11.9 Å². The van der Waals surface area contributed by atoms with Crippen LogP contribution in [0.2, 0.25) is 5.02 Å². The van der Waals surface area contributed by atoms with Crippen LogP contribution in [0.3, 0.4) is 0 Å². The lowest BCUT2D eigenvalue weighted by Crippen LogP contribution is -2.23. The third kappa shape index (κ3) is 3.06. The molecule has 0 amide bonds. The summed E-state index contributed by atoms with van der Waals surface area (Å²) in [6.07, 6.45) is 0. The first-order valence-electron chi connectivity index (χ1n) is 6.26. The van der Waals surface area contributed by atoms with Gasteiger partial charge in [0.25, 0.3) is 0 Å². The molecule has 2 rings (SSSR count). The Morgan fingerprint density at radius 3 is 2.63 bits per heavy atom. The number of nitrogens with zero attached hydrogens (tertiary/aromatic N) is 2. The van der Waals surface area contributed by atoms with Gasteiger partial charge in [-0.1, -0.05) is 35.9 Å². The standard InChI is InChI=1S/C15H18ClN3/c1-11(13-7-3-4-8-14(13)16)19(2)15-9-5-6-12(10-17)18-15/h3-9,11H,10,17H2,1-2H3. The SMILES string of the molecule is CC(c1ccccc1Cl)N(C)c1cccc(CN)n1. The molecule has 1 unspecified atom stereocenters. The first kappa shape index (κ1) is 13.8. The highest BCUT2D eigenvalue weighted by Gasteiger charge is 2.15. The zero-order valence-corrected chi connectivity index (χ0v) is 11.9. The van der Waals surface area contributed by atoms with Gasteiger partial charge in [0.05, 0.1) is 11.7 Å². The summed E-state index contributed by atoms with van der Waals surface area (Å²) in [7, 11) is 2.01. The molecule has 0 fully saturated rings. The molecule has 0 bridgehead atoms. The summed E-state index contributed by atoms with van der Waals surface area (Å²) in [5, 5.41) is 0.775. The highest BCUT2D eigenvalue weighted by atomic mass is 35.5. The van der Waals surface area contributed by atoms with Crippen molar-refractivity contribution >= 4 is 17.4 Å². The lowest BCUT2D eigenvalue weighted by Gasteiger charge is -2.27. The molecular formula is C15H18ClN3. The van der Waals surface area contributed by atoms with Gasteiger partial charge >= 0.3 is 0 Å². The third-order valence-corrected chi connectivity index (χ3v) is 3.64. The monoisotopic (exact) mass is 275 g/mol. The summed E-state index contributed by atoms with van der Waals surface area (Å²) in [6.45, 7) is 2.56. The molecular weight excluding hydrogens is 258 g/mol. The van der Waals surface area contributed by atoms with E-state index >= 15 is 0 Å². The van der Waals surface area contributed by atoms with Crippen molar-refractivity contribution in [2.24, 2.45) is 5.73 Å². The predicted molar refractivity (Wildman–Crippen MR) is 80.4 cm³/mol. The van der Waals surface area contributed by atoms with Crippen LogP contribution in [0.15, 0.2) is 42.5 Å². The number of benzene rings is 1. The number of hydrogen-bond acceptors (Lipinski definition) is 3. The summed E-state index contributed by atoms with van der Waals surface area (Å²) in [5.74, 6) is 0.898. The van der Waals surface area contributed by atoms with Crippen LogP contribution in [0, 0.1) is 0 Å². The van der Waals surface area contributed by atoms with Gasteiger partial charge in [-0.3, -0.25) is 0 Å². The van der Waals surface area contributed by atoms with Crippen LogP contribution in [-0.2, 0) is 6.54 Å². The van der Waals surface area contributed by atoms with E-state index in [9.17, 15) is 0 Å². The van der Waals surface area contributed by atoms with Gasteiger partial charge in [0, 0.05) is 18.6 Å². The molecule has 1 aromatic carbocycles. The van der Waals surface area contributed by atoms with Crippen LogP contribution in [-0.4, -0.2) is 12.0 Å². The third-order valence-electron chi connectivity index (χ3n) is 3.30. The molecule has 0 saturated carbocycles. The van der Waals surface area contributed by atoms with Crippen molar-refractivity contribution in [3.63, 3.8) is 0 Å². The maximum absolute atomic E-state index is 6.24. The molecule has 1 heterocycles. The van der Waals surface area contributed by atoms with Crippen LogP contribution in [0.4, 0.5) is 5.82 Å². The number of nitrogens with two attached hydrogens (primary N) is 1. The number of anilines is 1. The fourth-order valence-electron chi connectivity index (χ4n) is 2.00. The van der Waals surface area contributed by atoms with Gasteiger partial charge in [-0.2, -0.15) is 0 Å². The zero-order chi connectivity index (χ0) is 13.8. The minimum atomic E-state index is 0.147. The van der Waals surface area contributed by atoms with Crippen molar-refractivity contribution in [3.8, 4) is 0 Å². The van der Waals surface area contributed by atoms with Gasteiger partial charge in [-0.25, -0.2) is 4.98 Å². The minimum absolute atomic E-state index is 0.147. The Labute approximate surface area is 119 Å². The maximum Gasteiger partial charge on any atom is 0.129 e. The van der Waals surface area contributed by atoms with Crippen molar-refractivity contribution < 1.29 is 0 Å². The van der Waals surface area contributed by atoms with E-state index < -0.39 is 0 Å². The molecule has 2 N–H and O–H groups in total. The van der Waals surface area contributed by atoms with Crippen LogP contribution in [0.1, 0.15) is 24.2 Å². The summed E-state index contributed by atoms with van der Waals surface area (Å²) in [6, 6.07) is 13.9. The molecule has 0 aliphatic rings. The average molecular weight is 276 g/mol. The second-order valence-electron chi connectivity index (χ2n) is 4.50. The molecule has 2 aromatic rings. The van der Waals surface area contributed by atoms with Gasteiger partial charge in [-0.15, -0.1) is 0 Å². The highest BCUT2D eigenvalue weighted by Crippen LogP contribution is 2.28. The molecule has 0 aliphatic carbocycles. The Morgan fingerprint density at radius 2 is 1.95 bits per heavy atom. The summed E-state index contributed by atoms with van der Waals surface area (Å²) >= 11 is 6.24. The fourth-order valence-corrected chi connectivity index (χ4v) is 2.29. The Kier molecular flexibility index (Phi) is 4.40. The first-order chi connectivity index (χ1) is 9.13. The summed E-state index contributed by atoms with van der Waals surface area (Å²) in [4.78, 5) is 6.62. The molecule has 100 valence electrons. The molecule has 4 heteroatoms. The van der Waals surface area contributed by atoms with Gasteiger partial charge in [0.2, 0.25) is 0 Å². The number of hydrogen-bond donors (Lipinski definition) is 1. The number of aromatic nitrogens is 1. The van der Waals surface area contributed by atoms with Gasteiger partial charge in [0.1, 0.15) is 5.82 Å². The summed E-state index contributed by atoms with van der Waals surface area (Å²) < 4.78 is 0. The largest absolute Gasteiger partial charge is 0.353 e. The van der Waals surface area contributed by atoms with E-state index in [1.807, 2.05) is 49.5 Å². The molecule has 0 aliphatic heterocycles. The van der Waals surface area contributed by atoms with Crippen molar-refractivity contribution in [1.29, 1.82) is 0 Å². The maximum atomic E-state index is 6.24. The number of rotatable bonds is 4. The quantitative estimate of drug-likeness (QED) is 0.930. The smallest absolute Gasteiger partial charge is 0.129 e. The van der Waals surface area contributed by atoms with E-state index in [1.54, 1.807) is 0 Å². The highest BCUT2D eigenvalue weighted by molar-refractivity contribution is 6.31. The van der Waals surface area contributed by atoms with Crippen molar-refractivity contribution in [2.45, 2.75) is 19.5 Å². The normalized spacial score (nSPS) is 12.2. The van der Waals surface area contributed by atoms with E-state index in [4.69, 9.17) is 17.3 Å². The van der Waals surface area contributed by atoms with E-state index in [-0.39, 0.29) is 6.04 Å².